The molecule has 4 rings (SSSR count). The third-order valence-corrected chi connectivity index (χ3v) is 5.53. The minimum atomic E-state index is -0.795. The highest BCUT2D eigenvalue weighted by atomic mass is 79.9. The van der Waals surface area contributed by atoms with Gasteiger partial charge in [0.15, 0.2) is 5.82 Å². The Morgan fingerprint density at radius 1 is 1.03 bits per heavy atom. The Labute approximate surface area is 173 Å². The molecule has 2 amide bonds. The van der Waals surface area contributed by atoms with E-state index >= 15 is 0 Å². The van der Waals surface area contributed by atoms with Crippen molar-refractivity contribution in [2.24, 2.45) is 0 Å². The number of aromatic amines is 1. The highest BCUT2D eigenvalue weighted by Crippen LogP contribution is 2.27. The predicted octanol–water partition coefficient (Wildman–Crippen LogP) is 2.63. The second-order valence-corrected chi connectivity index (χ2v) is 7.38. The lowest BCUT2D eigenvalue weighted by Crippen LogP contribution is -2.52. The number of hydrogen-bond acceptors (Lipinski definition) is 4. The molecule has 1 aromatic carbocycles. The maximum atomic E-state index is 14.2. The first-order chi connectivity index (χ1) is 14.0. The molecule has 0 saturated carbocycles. The number of ketones is 1. The zero-order valence-electron chi connectivity index (χ0n) is 15.2. The van der Waals surface area contributed by atoms with Crippen LogP contribution in [0.25, 0.3) is 10.9 Å². The first-order valence-corrected chi connectivity index (χ1v) is 9.75. The molecule has 1 saturated heterocycles. The number of amides is 2. The lowest BCUT2D eigenvalue weighted by molar-refractivity contribution is -0.127. The van der Waals surface area contributed by atoms with Gasteiger partial charge in [-0.3, -0.25) is 14.4 Å². The summed E-state index contributed by atoms with van der Waals surface area (Å²) in [6, 6.07) is 8.89. The van der Waals surface area contributed by atoms with Crippen molar-refractivity contribution in [3.05, 3.63) is 64.3 Å². The van der Waals surface area contributed by atoms with Crippen LogP contribution in [0.2, 0.25) is 0 Å². The monoisotopic (exact) mass is 458 g/mol. The third-order valence-electron chi connectivity index (χ3n) is 4.93. The molecule has 1 aliphatic rings. The molecule has 0 atom stereocenters. The summed E-state index contributed by atoms with van der Waals surface area (Å²) in [5, 5.41) is 0.0307. The molecule has 7 nitrogen and oxygen atoms in total. The van der Waals surface area contributed by atoms with E-state index in [2.05, 4.69) is 25.9 Å². The van der Waals surface area contributed by atoms with Crippen molar-refractivity contribution in [2.45, 2.75) is 0 Å². The van der Waals surface area contributed by atoms with Crippen LogP contribution in [0.1, 0.15) is 20.7 Å². The first kappa shape index (κ1) is 19.3. The Hall–Kier alpha value is -3.07. The predicted molar refractivity (Wildman–Crippen MR) is 107 cm³/mol. The van der Waals surface area contributed by atoms with Crippen LogP contribution < -0.4 is 0 Å². The zero-order chi connectivity index (χ0) is 20.5. The molecule has 1 N–H and O–H groups in total. The molecule has 0 spiro atoms. The molecular weight excluding hydrogens is 443 g/mol. The molecule has 1 aliphatic heterocycles. The number of nitrogens with zero attached hydrogens (tertiary/aromatic N) is 3. The fourth-order valence-electron chi connectivity index (χ4n) is 3.39. The molecule has 0 bridgehead atoms. The Bertz CT molecular complexity index is 1110. The number of aromatic nitrogens is 2. The topological polar surface area (TPSA) is 86.4 Å². The quantitative estimate of drug-likeness (QED) is 0.371. The molecule has 29 heavy (non-hydrogen) atoms. The Balaban J connectivity index is 1.47. The van der Waals surface area contributed by atoms with Gasteiger partial charge in [0.25, 0.3) is 17.6 Å². The van der Waals surface area contributed by atoms with Gasteiger partial charge in [-0.15, -0.1) is 0 Å². The van der Waals surface area contributed by atoms with Gasteiger partial charge >= 0.3 is 0 Å². The van der Waals surface area contributed by atoms with Crippen molar-refractivity contribution in [2.75, 3.05) is 26.2 Å². The number of H-pyrrole nitrogens is 1. The largest absolute Gasteiger partial charge is 0.358 e. The van der Waals surface area contributed by atoms with Crippen LogP contribution in [0.15, 0.2) is 47.3 Å². The van der Waals surface area contributed by atoms with Crippen molar-refractivity contribution >= 4 is 44.4 Å². The summed E-state index contributed by atoms with van der Waals surface area (Å²) in [5.41, 5.74) is 0.865. The van der Waals surface area contributed by atoms with Gasteiger partial charge in [0.2, 0.25) is 0 Å². The van der Waals surface area contributed by atoms with Crippen LogP contribution in [0.5, 0.6) is 0 Å². The van der Waals surface area contributed by atoms with Crippen molar-refractivity contribution in [3.63, 3.8) is 0 Å². The van der Waals surface area contributed by atoms with Crippen molar-refractivity contribution in [3.8, 4) is 0 Å². The lowest BCUT2D eigenvalue weighted by atomic mass is 10.1. The van der Waals surface area contributed by atoms with Gasteiger partial charge in [-0.05, 0) is 28.1 Å². The number of piperazine rings is 1. The second-order valence-electron chi connectivity index (χ2n) is 6.63. The summed E-state index contributed by atoms with van der Waals surface area (Å²) < 4.78 is 14.6. The molecular formula is C20H16BrFN4O3. The molecule has 3 heterocycles. The normalized spacial score (nSPS) is 14.3. The van der Waals surface area contributed by atoms with Crippen molar-refractivity contribution < 1.29 is 18.8 Å². The van der Waals surface area contributed by atoms with Gasteiger partial charge in [0.1, 0.15) is 4.60 Å². The van der Waals surface area contributed by atoms with Crippen molar-refractivity contribution in [1.82, 2.24) is 19.8 Å². The Kier molecular flexibility index (Phi) is 5.14. The zero-order valence-corrected chi connectivity index (χ0v) is 16.8. The number of benzene rings is 1. The van der Waals surface area contributed by atoms with Crippen molar-refractivity contribution in [1.29, 1.82) is 0 Å². The van der Waals surface area contributed by atoms with E-state index in [1.165, 1.54) is 11.1 Å². The average molecular weight is 459 g/mol. The van der Waals surface area contributed by atoms with E-state index in [0.29, 0.717) is 28.8 Å². The van der Waals surface area contributed by atoms with E-state index in [1.54, 1.807) is 29.2 Å². The van der Waals surface area contributed by atoms with Crippen LogP contribution >= 0.6 is 15.9 Å². The van der Waals surface area contributed by atoms with E-state index in [1.807, 2.05) is 6.07 Å². The Morgan fingerprint density at radius 2 is 1.69 bits per heavy atom. The molecule has 0 radical (unpaired) electrons. The molecule has 3 aromatic rings. The number of rotatable bonds is 3. The lowest BCUT2D eigenvalue weighted by Gasteiger charge is -2.34. The van der Waals surface area contributed by atoms with Crippen LogP contribution in [0.4, 0.5) is 4.39 Å². The second kappa shape index (κ2) is 7.75. The summed E-state index contributed by atoms with van der Waals surface area (Å²) in [5.74, 6) is -2.31. The van der Waals surface area contributed by atoms with Gasteiger partial charge in [-0.1, -0.05) is 18.2 Å². The summed E-state index contributed by atoms with van der Waals surface area (Å²) >= 11 is 3.19. The number of nitrogens with one attached hydrogen (secondary N) is 1. The summed E-state index contributed by atoms with van der Waals surface area (Å²) in [7, 11) is 0. The first-order valence-electron chi connectivity index (χ1n) is 8.96. The number of carbonyl (C=O) groups is 3. The van der Waals surface area contributed by atoms with E-state index < -0.39 is 17.5 Å². The molecule has 0 unspecified atom stereocenters. The van der Waals surface area contributed by atoms with Gasteiger partial charge < -0.3 is 14.8 Å². The van der Waals surface area contributed by atoms with Crippen LogP contribution in [0.3, 0.4) is 0 Å². The van der Waals surface area contributed by atoms with Crippen LogP contribution in [0, 0.1) is 5.82 Å². The molecule has 1 fully saturated rings. The smallest absolute Gasteiger partial charge is 0.295 e. The minimum absolute atomic E-state index is 0.0307. The third kappa shape index (κ3) is 3.53. The number of halogens is 2. The number of hydrogen-bond donors (Lipinski definition) is 1. The minimum Gasteiger partial charge on any atom is -0.358 e. The maximum absolute atomic E-state index is 14.2. The van der Waals surface area contributed by atoms with Gasteiger partial charge in [0.05, 0.1) is 22.7 Å². The molecule has 0 aliphatic carbocycles. The standard InChI is InChI=1S/C20H16BrFN4O3/c21-18-16-15(14(22)11-24-18)13(10-23-16)17(27)20(29)26-8-6-25(7-9-26)19(28)12-4-2-1-3-5-12/h1-5,10-11,23H,6-9H2. The van der Waals surface area contributed by atoms with Crippen LogP contribution in [-0.2, 0) is 4.79 Å². The van der Waals surface area contributed by atoms with Gasteiger partial charge in [-0.2, -0.15) is 0 Å². The summed E-state index contributed by atoms with van der Waals surface area (Å²) in [4.78, 5) is 47.6. The number of fused-ring (bicyclic) bond motifs is 1. The van der Waals surface area contributed by atoms with Crippen LogP contribution in [-0.4, -0.2) is 63.5 Å². The molecule has 9 heteroatoms. The van der Waals surface area contributed by atoms with E-state index in [9.17, 15) is 18.8 Å². The van der Waals surface area contributed by atoms with Gasteiger partial charge in [0, 0.05) is 37.9 Å². The summed E-state index contributed by atoms with van der Waals surface area (Å²) in [6.45, 7) is 1.12. The van der Waals surface area contributed by atoms with E-state index in [0.717, 1.165) is 6.20 Å². The highest BCUT2D eigenvalue weighted by Gasteiger charge is 2.31. The van der Waals surface area contributed by atoms with E-state index in [-0.39, 0.29) is 29.9 Å². The molecule has 148 valence electrons. The summed E-state index contributed by atoms with van der Waals surface area (Å²) in [6.07, 6.45) is 2.31. The number of carbonyl (C=O) groups excluding carboxylic acids is 3. The fraction of sp³-hybridized carbons (Fsp3) is 0.200. The highest BCUT2D eigenvalue weighted by molar-refractivity contribution is 9.10. The fourth-order valence-corrected chi connectivity index (χ4v) is 3.81. The number of Topliss-reactive ketones (excluding diaryl/α,β-unsaturated/α-hetero) is 1. The van der Waals surface area contributed by atoms with Gasteiger partial charge in [-0.25, -0.2) is 9.37 Å². The van der Waals surface area contributed by atoms with E-state index in [4.69, 9.17) is 0 Å². The SMILES string of the molecule is O=C(C(=O)N1CCN(C(=O)c2ccccc2)CC1)c1c[nH]c2c(Br)ncc(F)c12. The average Bonchev–Trinajstić information content (AvgIpc) is 3.22. The Morgan fingerprint density at radius 3 is 2.38 bits per heavy atom. The maximum Gasteiger partial charge on any atom is 0.295 e. The molecule has 2 aromatic heterocycles. The number of pyridine rings is 1.